The summed E-state index contributed by atoms with van der Waals surface area (Å²) < 4.78 is 0.827. The molecular weight excluding hydrogens is 362 g/mol. The number of anilines is 1. The number of nitrogens with one attached hydrogen (secondary N) is 1. The largest absolute Gasteiger partial charge is 0.369 e. The molecule has 122 valence electrons. The lowest BCUT2D eigenvalue weighted by atomic mass is 9.95. The molecule has 0 radical (unpaired) electrons. The highest BCUT2D eigenvalue weighted by atomic mass is 79.9. The Bertz CT molecular complexity index is 656. The summed E-state index contributed by atoms with van der Waals surface area (Å²) in [6, 6.07) is 6.84. The van der Waals surface area contributed by atoms with Crippen molar-refractivity contribution in [2.45, 2.75) is 25.3 Å². The number of halogens is 1. The van der Waals surface area contributed by atoms with Gasteiger partial charge in [0.25, 0.3) is 5.91 Å². The minimum atomic E-state index is -0.352. The number of hydrogen-bond acceptors (Lipinski definition) is 3. The Balaban J connectivity index is 1.73. The molecule has 0 spiro atoms. The predicted molar refractivity (Wildman–Crippen MR) is 87.7 cm³/mol. The molecule has 1 aromatic rings. The molecule has 2 fully saturated rings. The van der Waals surface area contributed by atoms with Crippen molar-refractivity contribution < 1.29 is 19.3 Å². The van der Waals surface area contributed by atoms with Crippen LogP contribution < -0.4 is 15.5 Å². The molecule has 2 heterocycles. The molecule has 3 N–H and O–H groups in total. The lowest BCUT2D eigenvalue weighted by Crippen LogP contribution is -3.17. The molecule has 0 bridgehead atoms. The summed E-state index contributed by atoms with van der Waals surface area (Å²) in [6.07, 6.45) is 1.58. The summed E-state index contributed by atoms with van der Waals surface area (Å²) >= 11 is 3.36. The van der Waals surface area contributed by atoms with Gasteiger partial charge >= 0.3 is 0 Å². The highest BCUT2D eigenvalue weighted by Gasteiger charge is 2.46. The number of nitrogens with two attached hydrogens (primary N) is 1. The first-order valence-electron chi connectivity index (χ1n) is 7.73. The molecule has 2 saturated heterocycles. The first-order chi connectivity index (χ1) is 11.0. The molecule has 7 heteroatoms. The SMILES string of the molecule is NC(=O)C1CC[NH+]([C@@H]2CC(=O)N(c3cccc(Br)c3)C2=O)CC1. The van der Waals surface area contributed by atoms with E-state index in [9.17, 15) is 14.4 Å². The Morgan fingerprint density at radius 3 is 2.57 bits per heavy atom. The fourth-order valence-electron chi connectivity index (χ4n) is 3.46. The van der Waals surface area contributed by atoms with E-state index < -0.39 is 0 Å². The zero-order chi connectivity index (χ0) is 16.6. The number of amides is 3. The van der Waals surface area contributed by atoms with Crippen LogP contribution in [-0.4, -0.2) is 36.9 Å². The van der Waals surface area contributed by atoms with Crippen molar-refractivity contribution in [1.82, 2.24) is 0 Å². The van der Waals surface area contributed by atoms with Crippen LogP contribution in [0, 0.1) is 5.92 Å². The van der Waals surface area contributed by atoms with E-state index in [0.717, 1.165) is 9.37 Å². The van der Waals surface area contributed by atoms with Crippen molar-refractivity contribution >= 4 is 39.3 Å². The molecule has 23 heavy (non-hydrogen) atoms. The van der Waals surface area contributed by atoms with E-state index in [2.05, 4.69) is 15.9 Å². The maximum atomic E-state index is 12.7. The highest BCUT2D eigenvalue weighted by Crippen LogP contribution is 2.25. The van der Waals surface area contributed by atoms with Gasteiger partial charge in [0.1, 0.15) is 0 Å². The smallest absolute Gasteiger partial charge is 0.292 e. The molecule has 2 aliphatic rings. The fraction of sp³-hybridized carbons (Fsp3) is 0.438. The van der Waals surface area contributed by atoms with Crippen LogP contribution in [0.5, 0.6) is 0 Å². The van der Waals surface area contributed by atoms with Gasteiger partial charge in [-0.05, 0) is 18.2 Å². The summed E-state index contributed by atoms with van der Waals surface area (Å²) in [5, 5.41) is 0. The maximum absolute atomic E-state index is 12.7. The lowest BCUT2D eigenvalue weighted by Gasteiger charge is -2.30. The summed E-state index contributed by atoms with van der Waals surface area (Å²) in [6.45, 7) is 1.40. The number of carbonyl (C=O) groups is 3. The second-order valence-electron chi connectivity index (χ2n) is 6.14. The van der Waals surface area contributed by atoms with E-state index in [1.165, 1.54) is 4.90 Å². The molecule has 0 saturated carbocycles. The molecule has 1 aromatic carbocycles. The van der Waals surface area contributed by atoms with Gasteiger partial charge in [-0.2, -0.15) is 0 Å². The van der Waals surface area contributed by atoms with Crippen LogP contribution in [-0.2, 0) is 14.4 Å². The van der Waals surface area contributed by atoms with Crippen LogP contribution in [0.25, 0.3) is 0 Å². The topological polar surface area (TPSA) is 84.9 Å². The van der Waals surface area contributed by atoms with Gasteiger partial charge in [-0.1, -0.05) is 22.0 Å². The molecular formula is C16H19BrN3O3+. The van der Waals surface area contributed by atoms with E-state index in [1.807, 2.05) is 6.07 Å². The zero-order valence-corrected chi connectivity index (χ0v) is 14.2. The number of piperidine rings is 1. The summed E-state index contributed by atoms with van der Waals surface area (Å²) in [5.41, 5.74) is 5.95. The number of imide groups is 1. The fourth-order valence-corrected chi connectivity index (χ4v) is 3.85. The van der Waals surface area contributed by atoms with E-state index in [0.29, 0.717) is 31.6 Å². The molecule has 3 amide bonds. The third-order valence-corrected chi connectivity index (χ3v) is 5.23. The van der Waals surface area contributed by atoms with Crippen LogP contribution in [0.4, 0.5) is 5.69 Å². The van der Waals surface area contributed by atoms with Gasteiger partial charge in [-0.3, -0.25) is 14.4 Å². The Morgan fingerprint density at radius 1 is 1.26 bits per heavy atom. The molecule has 0 unspecified atom stereocenters. The maximum Gasteiger partial charge on any atom is 0.292 e. The van der Waals surface area contributed by atoms with Crippen LogP contribution in [0.1, 0.15) is 19.3 Å². The summed E-state index contributed by atoms with van der Waals surface area (Å²) in [4.78, 5) is 38.7. The van der Waals surface area contributed by atoms with E-state index in [1.54, 1.807) is 18.2 Å². The second-order valence-corrected chi connectivity index (χ2v) is 7.05. The van der Waals surface area contributed by atoms with Gasteiger partial charge in [-0.15, -0.1) is 0 Å². The van der Waals surface area contributed by atoms with Crippen molar-refractivity contribution in [2.24, 2.45) is 11.7 Å². The van der Waals surface area contributed by atoms with Crippen molar-refractivity contribution in [3.8, 4) is 0 Å². The van der Waals surface area contributed by atoms with Crippen LogP contribution in [0.2, 0.25) is 0 Å². The predicted octanol–water partition coefficient (Wildman–Crippen LogP) is -0.139. The van der Waals surface area contributed by atoms with E-state index in [4.69, 9.17) is 5.73 Å². The lowest BCUT2D eigenvalue weighted by molar-refractivity contribution is -0.920. The van der Waals surface area contributed by atoms with Gasteiger partial charge in [0.05, 0.1) is 25.2 Å². The molecule has 3 rings (SSSR count). The first-order valence-corrected chi connectivity index (χ1v) is 8.53. The first kappa shape index (κ1) is 16.1. The van der Waals surface area contributed by atoms with Crippen LogP contribution >= 0.6 is 15.9 Å². The number of nitrogens with zero attached hydrogens (tertiary/aromatic N) is 1. The standard InChI is InChI=1S/C16H18BrN3O3/c17-11-2-1-3-12(8-11)20-14(21)9-13(16(20)23)19-6-4-10(5-7-19)15(18)22/h1-3,8,10,13H,4-7,9H2,(H2,18,22)/p+1/t13-/m1/s1. The third-order valence-electron chi connectivity index (χ3n) is 4.74. The van der Waals surface area contributed by atoms with Crippen molar-refractivity contribution in [3.05, 3.63) is 28.7 Å². The van der Waals surface area contributed by atoms with Crippen LogP contribution in [0.15, 0.2) is 28.7 Å². The summed E-state index contributed by atoms with van der Waals surface area (Å²) in [7, 11) is 0. The van der Waals surface area contributed by atoms with Crippen LogP contribution in [0.3, 0.4) is 0 Å². The number of likely N-dealkylation sites (tertiary alicyclic amines) is 1. The Kier molecular flexibility index (Phi) is 4.50. The average Bonchev–Trinajstić information content (AvgIpc) is 2.82. The molecule has 0 aromatic heterocycles. The third kappa shape index (κ3) is 3.16. The number of quaternary nitrogens is 1. The minimum absolute atomic E-state index is 0.105. The second kappa shape index (κ2) is 6.41. The monoisotopic (exact) mass is 380 g/mol. The van der Waals surface area contributed by atoms with Crippen molar-refractivity contribution in [2.75, 3.05) is 18.0 Å². The number of benzene rings is 1. The van der Waals surface area contributed by atoms with Gasteiger partial charge < -0.3 is 10.6 Å². The van der Waals surface area contributed by atoms with Gasteiger partial charge in [0.15, 0.2) is 6.04 Å². The van der Waals surface area contributed by atoms with Gasteiger partial charge in [-0.25, -0.2) is 4.90 Å². The molecule has 6 nitrogen and oxygen atoms in total. The van der Waals surface area contributed by atoms with E-state index >= 15 is 0 Å². The Labute approximate surface area is 142 Å². The van der Waals surface area contributed by atoms with Crippen molar-refractivity contribution in [1.29, 1.82) is 0 Å². The van der Waals surface area contributed by atoms with Crippen molar-refractivity contribution in [3.63, 3.8) is 0 Å². The number of carbonyl (C=O) groups excluding carboxylic acids is 3. The number of hydrogen-bond donors (Lipinski definition) is 2. The minimum Gasteiger partial charge on any atom is -0.369 e. The normalized spacial score (nSPS) is 28.2. The molecule has 2 aliphatic heterocycles. The van der Waals surface area contributed by atoms with Gasteiger partial charge in [0, 0.05) is 23.2 Å². The summed E-state index contributed by atoms with van der Waals surface area (Å²) in [5.74, 6) is -0.691. The number of primary amides is 1. The average molecular weight is 381 g/mol. The Hall–Kier alpha value is -1.73. The van der Waals surface area contributed by atoms with Gasteiger partial charge in [0.2, 0.25) is 11.8 Å². The number of rotatable bonds is 3. The zero-order valence-electron chi connectivity index (χ0n) is 12.6. The Morgan fingerprint density at radius 2 is 1.96 bits per heavy atom. The molecule has 0 aliphatic carbocycles. The van der Waals surface area contributed by atoms with E-state index in [-0.39, 0.29) is 36.1 Å². The quantitative estimate of drug-likeness (QED) is 0.715. The highest BCUT2D eigenvalue weighted by molar-refractivity contribution is 9.10. The molecule has 1 atom stereocenters.